The topological polar surface area (TPSA) is 30.5 Å². The van der Waals surface area contributed by atoms with Gasteiger partial charge in [-0.2, -0.15) is 0 Å². The van der Waals surface area contributed by atoms with Gasteiger partial charge in [-0.15, -0.1) is 0 Å². The van der Waals surface area contributed by atoms with Gasteiger partial charge in [0.2, 0.25) is 0 Å². The van der Waals surface area contributed by atoms with Crippen LogP contribution in [0.15, 0.2) is 24.3 Å². The van der Waals surface area contributed by atoms with Crippen LogP contribution in [0.4, 0.5) is 0 Å². The third-order valence-corrected chi connectivity index (χ3v) is 3.00. The molecule has 1 aromatic rings. The Balaban J connectivity index is 2.15. The van der Waals surface area contributed by atoms with Crippen molar-refractivity contribution in [2.75, 3.05) is 26.9 Å². The minimum Gasteiger partial charge on any atom is -0.380 e. The molecule has 1 N–H and O–H groups in total. The monoisotopic (exact) mass is 265 g/mol. The molecule has 0 bridgehead atoms. The Hall–Kier alpha value is -0.900. The van der Waals surface area contributed by atoms with Crippen LogP contribution in [-0.2, 0) is 22.6 Å². The molecule has 0 saturated heterocycles. The van der Waals surface area contributed by atoms with E-state index in [-0.39, 0.29) is 0 Å². The van der Waals surface area contributed by atoms with Crippen LogP contribution in [0.5, 0.6) is 0 Å². The van der Waals surface area contributed by atoms with Crippen LogP contribution >= 0.6 is 0 Å². The number of ether oxygens (including phenoxy) is 2. The summed E-state index contributed by atoms with van der Waals surface area (Å²) in [6.45, 7) is 8.50. The smallest absolute Gasteiger partial charge is 0.0716 e. The van der Waals surface area contributed by atoms with Crippen molar-refractivity contribution in [2.24, 2.45) is 5.92 Å². The maximum atomic E-state index is 5.57. The zero-order chi connectivity index (χ0) is 13.9. The van der Waals surface area contributed by atoms with Gasteiger partial charge in [0, 0.05) is 26.8 Å². The van der Waals surface area contributed by atoms with Gasteiger partial charge < -0.3 is 14.8 Å². The van der Waals surface area contributed by atoms with E-state index in [2.05, 4.69) is 37.4 Å². The summed E-state index contributed by atoms with van der Waals surface area (Å²) in [4.78, 5) is 0. The summed E-state index contributed by atoms with van der Waals surface area (Å²) in [6, 6.07) is 8.36. The molecule has 0 unspecified atom stereocenters. The first-order valence-electron chi connectivity index (χ1n) is 7.08. The summed E-state index contributed by atoms with van der Waals surface area (Å²) in [7, 11) is 1.73. The van der Waals surface area contributed by atoms with Crippen molar-refractivity contribution in [1.82, 2.24) is 5.32 Å². The molecule has 0 aliphatic carbocycles. The molecule has 0 atom stereocenters. The average molecular weight is 265 g/mol. The van der Waals surface area contributed by atoms with Crippen LogP contribution in [0.25, 0.3) is 0 Å². The van der Waals surface area contributed by atoms with Crippen LogP contribution in [0.1, 0.15) is 31.4 Å². The molecule has 108 valence electrons. The van der Waals surface area contributed by atoms with E-state index >= 15 is 0 Å². The van der Waals surface area contributed by atoms with Crippen molar-refractivity contribution in [2.45, 2.75) is 33.4 Å². The van der Waals surface area contributed by atoms with E-state index in [0.717, 1.165) is 32.7 Å². The normalized spacial score (nSPS) is 11.2. The lowest BCUT2D eigenvalue weighted by atomic mass is 10.1. The Bertz CT molecular complexity index is 339. The van der Waals surface area contributed by atoms with Crippen molar-refractivity contribution in [3.05, 3.63) is 35.4 Å². The number of benzene rings is 1. The second-order valence-corrected chi connectivity index (χ2v) is 5.17. The zero-order valence-electron chi connectivity index (χ0n) is 12.4. The Kier molecular flexibility index (Phi) is 8.47. The maximum Gasteiger partial charge on any atom is 0.0716 e. The summed E-state index contributed by atoms with van der Waals surface area (Å²) >= 11 is 0. The maximum absolute atomic E-state index is 5.57. The van der Waals surface area contributed by atoms with Gasteiger partial charge in [-0.3, -0.25) is 0 Å². The average Bonchev–Trinajstić information content (AvgIpc) is 2.39. The molecular weight excluding hydrogens is 238 g/mol. The van der Waals surface area contributed by atoms with Crippen LogP contribution < -0.4 is 5.32 Å². The molecule has 1 aromatic carbocycles. The van der Waals surface area contributed by atoms with E-state index in [4.69, 9.17) is 9.47 Å². The highest BCUT2D eigenvalue weighted by molar-refractivity contribution is 5.26. The van der Waals surface area contributed by atoms with Gasteiger partial charge in [0.05, 0.1) is 13.2 Å². The van der Waals surface area contributed by atoms with Gasteiger partial charge in [-0.25, -0.2) is 0 Å². The summed E-state index contributed by atoms with van der Waals surface area (Å²) in [6.07, 6.45) is 1.14. The van der Waals surface area contributed by atoms with Crippen LogP contribution in [-0.4, -0.2) is 26.9 Å². The number of rotatable bonds is 10. The molecule has 0 aliphatic rings. The molecule has 3 heteroatoms. The summed E-state index contributed by atoms with van der Waals surface area (Å²) in [5, 5.41) is 3.41. The quantitative estimate of drug-likeness (QED) is 0.660. The lowest BCUT2D eigenvalue weighted by Gasteiger charge is -2.10. The van der Waals surface area contributed by atoms with Gasteiger partial charge in [0.1, 0.15) is 0 Å². The molecule has 0 radical (unpaired) electrons. The van der Waals surface area contributed by atoms with Gasteiger partial charge in [-0.1, -0.05) is 38.1 Å². The summed E-state index contributed by atoms with van der Waals surface area (Å²) in [5.41, 5.74) is 2.55. The fourth-order valence-corrected chi connectivity index (χ4v) is 1.81. The molecule has 0 saturated carbocycles. The van der Waals surface area contributed by atoms with Crippen molar-refractivity contribution in [1.29, 1.82) is 0 Å². The van der Waals surface area contributed by atoms with Gasteiger partial charge in [0.15, 0.2) is 0 Å². The Morgan fingerprint density at radius 1 is 1.11 bits per heavy atom. The molecule has 19 heavy (non-hydrogen) atoms. The van der Waals surface area contributed by atoms with Crippen molar-refractivity contribution in [3.8, 4) is 0 Å². The van der Waals surface area contributed by atoms with E-state index in [9.17, 15) is 0 Å². The minimum atomic E-state index is 0.669. The molecule has 0 fully saturated rings. The van der Waals surface area contributed by atoms with Crippen molar-refractivity contribution >= 4 is 0 Å². The predicted molar refractivity (Wildman–Crippen MR) is 79.1 cm³/mol. The van der Waals surface area contributed by atoms with E-state index < -0.39 is 0 Å². The predicted octanol–water partition coefficient (Wildman–Crippen LogP) is 2.99. The molecule has 0 aliphatic heterocycles. The number of nitrogens with one attached hydrogen (secondary N) is 1. The van der Waals surface area contributed by atoms with Gasteiger partial charge >= 0.3 is 0 Å². The third-order valence-electron chi connectivity index (χ3n) is 3.00. The first-order chi connectivity index (χ1) is 9.24. The third kappa shape index (κ3) is 7.31. The van der Waals surface area contributed by atoms with Crippen LogP contribution in [0.2, 0.25) is 0 Å². The van der Waals surface area contributed by atoms with E-state index in [1.165, 1.54) is 11.1 Å². The number of hydrogen-bond acceptors (Lipinski definition) is 3. The molecular formula is C16H27NO2. The standard InChI is InChI=1S/C16H27NO2/c1-14(2)8-10-19-11-9-17-12-15-6-4-5-7-16(15)13-18-3/h4-7,14,17H,8-13H2,1-3H3. The highest BCUT2D eigenvalue weighted by Crippen LogP contribution is 2.09. The van der Waals surface area contributed by atoms with Crippen molar-refractivity contribution < 1.29 is 9.47 Å². The van der Waals surface area contributed by atoms with E-state index in [1.807, 2.05) is 6.07 Å². The minimum absolute atomic E-state index is 0.669. The van der Waals surface area contributed by atoms with Gasteiger partial charge in [-0.05, 0) is 23.5 Å². The van der Waals surface area contributed by atoms with Crippen LogP contribution in [0.3, 0.4) is 0 Å². The number of methoxy groups -OCH3 is 1. The Labute approximate surface area is 117 Å². The molecule has 0 amide bonds. The fraction of sp³-hybridized carbons (Fsp3) is 0.625. The zero-order valence-corrected chi connectivity index (χ0v) is 12.4. The highest BCUT2D eigenvalue weighted by atomic mass is 16.5. The SMILES string of the molecule is COCc1ccccc1CNCCOCCC(C)C. The Morgan fingerprint density at radius 3 is 2.53 bits per heavy atom. The molecule has 3 nitrogen and oxygen atoms in total. The Morgan fingerprint density at radius 2 is 1.84 bits per heavy atom. The summed E-state index contributed by atoms with van der Waals surface area (Å²) in [5.74, 6) is 0.717. The second kappa shape index (κ2) is 9.96. The van der Waals surface area contributed by atoms with Crippen LogP contribution in [0, 0.1) is 5.92 Å². The fourth-order valence-electron chi connectivity index (χ4n) is 1.81. The van der Waals surface area contributed by atoms with E-state index in [1.54, 1.807) is 7.11 Å². The van der Waals surface area contributed by atoms with E-state index in [0.29, 0.717) is 12.5 Å². The molecule has 0 spiro atoms. The summed E-state index contributed by atoms with van der Waals surface area (Å²) < 4.78 is 10.8. The largest absolute Gasteiger partial charge is 0.380 e. The highest BCUT2D eigenvalue weighted by Gasteiger charge is 2.00. The first kappa shape index (κ1) is 16.2. The molecule has 0 heterocycles. The second-order valence-electron chi connectivity index (χ2n) is 5.17. The van der Waals surface area contributed by atoms with Crippen molar-refractivity contribution in [3.63, 3.8) is 0 Å². The van der Waals surface area contributed by atoms with Gasteiger partial charge in [0.25, 0.3) is 0 Å². The first-order valence-corrected chi connectivity index (χ1v) is 7.08. The number of hydrogen-bond donors (Lipinski definition) is 1. The lowest BCUT2D eigenvalue weighted by molar-refractivity contribution is 0.125. The molecule has 0 aromatic heterocycles. The lowest BCUT2D eigenvalue weighted by Crippen LogP contribution is -2.20. The molecule has 1 rings (SSSR count).